The maximum absolute atomic E-state index is 12.3. The van der Waals surface area contributed by atoms with Crippen LogP contribution in [-0.2, 0) is 11.3 Å². The molecule has 0 saturated heterocycles. The monoisotopic (exact) mass is 276 g/mol. The van der Waals surface area contributed by atoms with Gasteiger partial charge in [-0.15, -0.1) is 0 Å². The van der Waals surface area contributed by atoms with Crippen LogP contribution in [-0.4, -0.2) is 30.3 Å². The third-order valence-corrected chi connectivity index (χ3v) is 3.11. The molecule has 0 atom stereocenters. The van der Waals surface area contributed by atoms with Crippen LogP contribution in [0.3, 0.4) is 0 Å². The molecule has 0 unspecified atom stereocenters. The summed E-state index contributed by atoms with van der Waals surface area (Å²) in [6.45, 7) is 2.08. The van der Waals surface area contributed by atoms with E-state index >= 15 is 0 Å². The van der Waals surface area contributed by atoms with Crippen molar-refractivity contribution in [2.45, 2.75) is 19.9 Å². The number of hydrogen-bond acceptors (Lipinski definition) is 5. The number of methoxy groups -OCH3 is 2. The van der Waals surface area contributed by atoms with Crippen LogP contribution in [0.15, 0.2) is 16.9 Å². The van der Waals surface area contributed by atoms with Gasteiger partial charge < -0.3 is 14.3 Å². The molecule has 6 nitrogen and oxygen atoms in total. The number of nitrogens with zero attached hydrogens (tertiary/aromatic N) is 2. The van der Waals surface area contributed by atoms with Gasteiger partial charge in [0.25, 0.3) is 5.56 Å². The largest absolute Gasteiger partial charge is 0.493 e. The summed E-state index contributed by atoms with van der Waals surface area (Å²) in [7, 11) is 3.06. The number of ether oxygens (including phenoxy) is 2. The second-order valence-corrected chi connectivity index (χ2v) is 4.32. The minimum atomic E-state index is -0.242. The summed E-state index contributed by atoms with van der Waals surface area (Å²) in [5.74, 6) is 1.04. The number of aryl methyl sites for hydroxylation is 2. The molecular formula is C14H16N2O4. The molecule has 2 aromatic rings. The van der Waals surface area contributed by atoms with E-state index in [1.165, 1.54) is 18.9 Å². The van der Waals surface area contributed by atoms with Gasteiger partial charge in [-0.3, -0.25) is 4.79 Å². The zero-order valence-corrected chi connectivity index (χ0v) is 11.7. The van der Waals surface area contributed by atoms with Crippen LogP contribution in [0.2, 0.25) is 0 Å². The van der Waals surface area contributed by atoms with E-state index in [4.69, 9.17) is 9.47 Å². The topological polar surface area (TPSA) is 70.4 Å². The number of aromatic nitrogens is 2. The fourth-order valence-electron chi connectivity index (χ4n) is 2.10. The van der Waals surface area contributed by atoms with E-state index in [0.717, 1.165) is 11.7 Å². The number of hydrogen-bond donors (Lipinski definition) is 0. The molecule has 0 aliphatic carbocycles. The van der Waals surface area contributed by atoms with Crippen molar-refractivity contribution in [3.63, 3.8) is 0 Å². The second kappa shape index (κ2) is 5.73. The molecule has 0 fully saturated rings. The first-order valence-electron chi connectivity index (χ1n) is 6.19. The fourth-order valence-corrected chi connectivity index (χ4v) is 2.10. The van der Waals surface area contributed by atoms with Gasteiger partial charge in [0.05, 0.1) is 31.8 Å². The standard InChI is InChI=1S/C14H16N2O4/c1-9-10-7-12(19-2)13(20-3)8-11(10)14(18)16(15-9)5-4-6-17/h6-8H,4-5H2,1-3H3. The van der Waals surface area contributed by atoms with Gasteiger partial charge in [0.2, 0.25) is 0 Å². The summed E-state index contributed by atoms with van der Waals surface area (Å²) in [6.07, 6.45) is 1.02. The highest BCUT2D eigenvalue weighted by Crippen LogP contribution is 2.31. The minimum absolute atomic E-state index is 0.242. The van der Waals surface area contributed by atoms with E-state index in [9.17, 15) is 9.59 Å². The van der Waals surface area contributed by atoms with Crippen molar-refractivity contribution >= 4 is 17.1 Å². The van der Waals surface area contributed by atoms with Crippen molar-refractivity contribution in [3.05, 3.63) is 28.2 Å². The molecule has 2 rings (SSSR count). The molecule has 20 heavy (non-hydrogen) atoms. The zero-order chi connectivity index (χ0) is 14.7. The van der Waals surface area contributed by atoms with Gasteiger partial charge in [0, 0.05) is 11.8 Å². The number of carbonyl (C=O) groups excluding carboxylic acids is 1. The molecule has 0 bridgehead atoms. The van der Waals surface area contributed by atoms with E-state index in [0.29, 0.717) is 22.6 Å². The van der Waals surface area contributed by atoms with E-state index in [-0.39, 0.29) is 18.5 Å². The fraction of sp³-hybridized carbons (Fsp3) is 0.357. The summed E-state index contributed by atoms with van der Waals surface area (Å²) in [5.41, 5.74) is 0.458. The molecule has 0 N–H and O–H groups in total. The minimum Gasteiger partial charge on any atom is -0.493 e. The Kier molecular flexibility index (Phi) is 4.02. The SMILES string of the molecule is COc1cc2c(C)nn(CCC=O)c(=O)c2cc1OC. The van der Waals surface area contributed by atoms with Crippen molar-refractivity contribution in [3.8, 4) is 11.5 Å². The molecule has 0 radical (unpaired) electrons. The summed E-state index contributed by atoms with van der Waals surface area (Å²) in [5, 5.41) is 5.44. The highest BCUT2D eigenvalue weighted by Gasteiger charge is 2.13. The molecule has 106 valence electrons. The van der Waals surface area contributed by atoms with Crippen LogP contribution in [0.1, 0.15) is 12.1 Å². The second-order valence-electron chi connectivity index (χ2n) is 4.32. The number of aldehydes is 1. The van der Waals surface area contributed by atoms with E-state index in [1.807, 2.05) is 6.92 Å². The molecule has 0 amide bonds. The summed E-state index contributed by atoms with van der Waals surface area (Å²) >= 11 is 0. The molecular weight excluding hydrogens is 260 g/mol. The predicted octanol–water partition coefficient (Wildman–Crippen LogP) is 1.31. The van der Waals surface area contributed by atoms with Crippen LogP contribution < -0.4 is 15.0 Å². The third-order valence-electron chi connectivity index (χ3n) is 3.11. The Morgan fingerprint density at radius 2 is 1.80 bits per heavy atom. The lowest BCUT2D eigenvalue weighted by molar-refractivity contribution is -0.108. The normalized spacial score (nSPS) is 10.6. The Morgan fingerprint density at radius 1 is 1.20 bits per heavy atom. The molecule has 0 spiro atoms. The summed E-state index contributed by atoms with van der Waals surface area (Å²) in [6, 6.07) is 3.38. The first kappa shape index (κ1) is 14.0. The number of fused-ring (bicyclic) bond motifs is 1. The van der Waals surface area contributed by atoms with Crippen molar-refractivity contribution in [1.82, 2.24) is 9.78 Å². The van der Waals surface area contributed by atoms with Gasteiger partial charge in [-0.05, 0) is 19.1 Å². The van der Waals surface area contributed by atoms with Gasteiger partial charge in [-0.2, -0.15) is 5.10 Å². The lowest BCUT2D eigenvalue weighted by Gasteiger charge is -2.12. The molecule has 1 heterocycles. The lowest BCUT2D eigenvalue weighted by Crippen LogP contribution is -2.24. The van der Waals surface area contributed by atoms with Gasteiger partial charge in [0.1, 0.15) is 6.29 Å². The number of benzene rings is 1. The van der Waals surface area contributed by atoms with E-state index in [2.05, 4.69) is 5.10 Å². The van der Waals surface area contributed by atoms with Gasteiger partial charge in [-0.25, -0.2) is 4.68 Å². The van der Waals surface area contributed by atoms with Crippen molar-refractivity contribution < 1.29 is 14.3 Å². The quantitative estimate of drug-likeness (QED) is 0.770. The molecule has 1 aromatic heterocycles. The van der Waals surface area contributed by atoms with Crippen LogP contribution in [0, 0.1) is 6.92 Å². The Labute approximate surface area is 115 Å². The molecule has 1 aromatic carbocycles. The Hall–Kier alpha value is -2.37. The predicted molar refractivity (Wildman–Crippen MR) is 74.5 cm³/mol. The van der Waals surface area contributed by atoms with E-state index in [1.54, 1.807) is 12.1 Å². The van der Waals surface area contributed by atoms with Crippen LogP contribution in [0.25, 0.3) is 10.8 Å². The maximum Gasteiger partial charge on any atom is 0.274 e. The average molecular weight is 276 g/mol. The van der Waals surface area contributed by atoms with E-state index < -0.39 is 0 Å². The highest BCUT2D eigenvalue weighted by atomic mass is 16.5. The Balaban J connectivity index is 2.72. The number of carbonyl (C=O) groups is 1. The first-order valence-corrected chi connectivity index (χ1v) is 6.19. The number of rotatable bonds is 5. The highest BCUT2D eigenvalue weighted by molar-refractivity contribution is 5.87. The molecule has 6 heteroatoms. The Morgan fingerprint density at radius 3 is 2.35 bits per heavy atom. The van der Waals surface area contributed by atoms with Gasteiger partial charge >= 0.3 is 0 Å². The maximum atomic E-state index is 12.3. The molecule has 0 aliphatic heterocycles. The third kappa shape index (κ3) is 2.36. The summed E-state index contributed by atoms with van der Waals surface area (Å²) < 4.78 is 11.7. The van der Waals surface area contributed by atoms with Crippen molar-refractivity contribution in [2.75, 3.05) is 14.2 Å². The molecule has 0 aliphatic rings. The lowest BCUT2D eigenvalue weighted by atomic mass is 10.1. The van der Waals surface area contributed by atoms with Crippen molar-refractivity contribution in [2.24, 2.45) is 0 Å². The smallest absolute Gasteiger partial charge is 0.274 e. The van der Waals surface area contributed by atoms with Gasteiger partial charge in [0.15, 0.2) is 11.5 Å². The average Bonchev–Trinajstić information content (AvgIpc) is 2.48. The first-order chi connectivity index (χ1) is 9.62. The zero-order valence-electron chi connectivity index (χ0n) is 11.7. The van der Waals surface area contributed by atoms with Crippen molar-refractivity contribution in [1.29, 1.82) is 0 Å². The van der Waals surface area contributed by atoms with Gasteiger partial charge in [-0.1, -0.05) is 0 Å². The summed E-state index contributed by atoms with van der Waals surface area (Å²) in [4.78, 5) is 22.8. The Bertz CT molecular complexity index is 706. The molecule has 0 saturated carbocycles. The van der Waals surface area contributed by atoms with Crippen LogP contribution in [0.4, 0.5) is 0 Å². The van der Waals surface area contributed by atoms with Crippen LogP contribution in [0.5, 0.6) is 11.5 Å². The van der Waals surface area contributed by atoms with Crippen LogP contribution >= 0.6 is 0 Å².